The number of hydrogen-bond donors (Lipinski definition) is 0. The number of carbonyl (C=O) groups excluding carboxylic acids is 1. The molecule has 156 valence electrons. The maximum Gasteiger partial charge on any atom is 0.509 e. The summed E-state index contributed by atoms with van der Waals surface area (Å²) in [5.41, 5.74) is 4.50. The van der Waals surface area contributed by atoms with E-state index in [0.29, 0.717) is 5.41 Å². The fourth-order valence-corrected chi connectivity index (χ4v) is 6.38. The van der Waals surface area contributed by atoms with Crippen LogP contribution in [0, 0.1) is 11.3 Å². The Balaban J connectivity index is 1.27. The van der Waals surface area contributed by atoms with Crippen LogP contribution in [0.5, 0.6) is 0 Å². The Bertz CT molecular complexity index is 789. The number of likely N-dealkylation sites (tertiary alicyclic amines) is 1. The van der Waals surface area contributed by atoms with Crippen molar-refractivity contribution in [2.45, 2.75) is 77.0 Å². The number of nitrogens with zero attached hydrogens (tertiary/aromatic N) is 1. The van der Waals surface area contributed by atoms with Crippen LogP contribution < -0.4 is 0 Å². The van der Waals surface area contributed by atoms with Gasteiger partial charge in [0.25, 0.3) is 0 Å². The highest BCUT2D eigenvalue weighted by molar-refractivity contribution is 5.61. The zero-order chi connectivity index (χ0) is 19.8. The van der Waals surface area contributed by atoms with Crippen LogP contribution in [0.2, 0.25) is 0 Å². The van der Waals surface area contributed by atoms with Gasteiger partial charge in [0.1, 0.15) is 12.7 Å². The molecule has 4 aliphatic rings. The first-order chi connectivity index (χ1) is 14.2. The van der Waals surface area contributed by atoms with Crippen molar-refractivity contribution in [3.63, 3.8) is 0 Å². The molecule has 1 aliphatic heterocycles. The van der Waals surface area contributed by atoms with Gasteiger partial charge in [0.2, 0.25) is 0 Å². The maximum absolute atomic E-state index is 12.4. The van der Waals surface area contributed by atoms with Gasteiger partial charge in [-0.1, -0.05) is 42.8 Å². The Labute approximate surface area is 174 Å². The van der Waals surface area contributed by atoms with Crippen molar-refractivity contribution in [1.82, 2.24) is 4.90 Å². The predicted molar refractivity (Wildman–Crippen MR) is 112 cm³/mol. The summed E-state index contributed by atoms with van der Waals surface area (Å²) in [5, 5.41) is 0. The van der Waals surface area contributed by atoms with E-state index in [1.54, 1.807) is 5.57 Å². The summed E-state index contributed by atoms with van der Waals surface area (Å²) in [6.07, 6.45) is 8.97. The number of piperidine rings is 1. The number of hydrogen-bond acceptors (Lipinski definition) is 4. The third kappa shape index (κ3) is 3.61. The molecule has 0 amide bonds. The second-order valence-electron chi connectivity index (χ2n) is 9.51. The van der Waals surface area contributed by atoms with Crippen molar-refractivity contribution in [1.29, 1.82) is 0 Å². The van der Waals surface area contributed by atoms with Crippen LogP contribution in [0.4, 0.5) is 4.79 Å². The highest BCUT2D eigenvalue weighted by Crippen LogP contribution is 2.67. The molecular weight excluding hydrogens is 362 g/mol. The summed E-state index contributed by atoms with van der Waals surface area (Å²) in [6.45, 7) is 5.08. The lowest BCUT2D eigenvalue weighted by Gasteiger charge is -2.48. The molecule has 4 heteroatoms. The summed E-state index contributed by atoms with van der Waals surface area (Å²) in [7, 11) is 0. The van der Waals surface area contributed by atoms with Gasteiger partial charge in [0.15, 0.2) is 0 Å². The van der Waals surface area contributed by atoms with Crippen molar-refractivity contribution in [3.05, 3.63) is 47.0 Å². The lowest BCUT2D eigenvalue weighted by molar-refractivity contribution is 0.0148. The third-order valence-corrected chi connectivity index (χ3v) is 7.84. The van der Waals surface area contributed by atoms with Crippen LogP contribution in [-0.2, 0) is 16.1 Å². The molecule has 1 saturated heterocycles. The lowest BCUT2D eigenvalue weighted by Crippen LogP contribution is -2.50. The van der Waals surface area contributed by atoms with Gasteiger partial charge in [0, 0.05) is 6.04 Å². The molecule has 5 rings (SSSR count). The van der Waals surface area contributed by atoms with Crippen molar-refractivity contribution >= 4 is 6.16 Å². The quantitative estimate of drug-likeness (QED) is 0.489. The molecule has 0 bridgehead atoms. The van der Waals surface area contributed by atoms with Crippen molar-refractivity contribution in [2.75, 3.05) is 13.1 Å². The third-order valence-electron chi connectivity index (χ3n) is 7.84. The summed E-state index contributed by atoms with van der Waals surface area (Å²) in [6, 6.07) is 10.5. The molecule has 2 unspecified atom stereocenters. The average Bonchev–Trinajstić information content (AvgIpc) is 3.45. The Hall–Kier alpha value is -1.81. The van der Waals surface area contributed by atoms with Crippen LogP contribution >= 0.6 is 0 Å². The van der Waals surface area contributed by atoms with E-state index >= 15 is 0 Å². The normalized spacial score (nSPS) is 33.3. The number of carbonyl (C=O) groups is 1. The zero-order valence-corrected chi connectivity index (χ0v) is 17.6. The molecule has 1 heterocycles. The van der Waals surface area contributed by atoms with E-state index in [2.05, 4.69) is 11.8 Å². The molecule has 1 spiro atoms. The van der Waals surface area contributed by atoms with E-state index in [0.717, 1.165) is 36.8 Å². The molecule has 0 radical (unpaired) electrons. The SMILES string of the molecule is CCCN1CCC2CC23CC2=C(CCC[C@H]2OC(=O)OCc2ccccc2)C[C@@H]13. The van der Waals surface area contributed by atoms with Gasteiger partial charge in [0.05, 0.1) is 0 Å². The highest BCUT2D eigenvalue weighted by atomic mass is 16.7. The van der Waals surface area contributed by atoms with Gasteiger partial charge in [-0.3, -0.25) is 4.90 Å². The minimum Gasteiger partial charge on any atom is -0.429 e. The Morgan fingerprint density at radius 2 is 2.10 bits per heavy atom. The summed E-state index contributed by atoms with van der Waals surface area (Å²) in [4.78, 5) is 15.2. The summed E-state index contributed by atoms with van der Waals surface area (Å²) >= 11 is 0. The maximum atomic E-state index is 12.4. The van der Waals surface area contributed by atoms with Gasteiger partial charge in [-0.2, -0.15) is 0 Å². The molecule has 1 aromatic carbocycles. The highest BCUT2D eigenvalue weighted by Gasteiger charge is 2.64. The van der Waals surface area contributed by atoms with E-state index in [4.69, 9.17) is 9.47 Å². The first-order valence-electron chi connectivity index (χ1n) is 11.5. The van der Waals surface area contributed by atoms with Gasteiger partial charge in [-0.15, -0.1) is 0 Å². The minimum absolute atomic E-state index is 0.0693. The van der Waals surface area contributed by atoms with E-state index in [1.807, 2.05) is 30.3 Å². The van der Waals surface area contributed by atoms with Crippen LogP contribution in [0.1, 0.15) is 63.9 Å². The zero-order valence-electron chi connectivity index (χ0n) is 17.6. The summed E-state index contributed by atoms with van der Waals surface area (Å²) < 4.78 is 11.3. The molecule has 2 fully saturated rings. The minimum atomic E-state index is -0.518. The van der Waals surface area contributed by atoms with Gasteiger partial charge in [-0.25, -0.2) is 4.79 Å². The predicted octanol–water partition coefficient (Wildman–Crippen LogP) is 5.47. The molecule has 4 nitrogen and oxygen atoms in total. The van der Waals surface area contributed by atoms with Crippen LogP contribution in [0.3, 0.4) is 0 Å². The van der Waals surface area contributed by atoms with Crippen molar-refractivity contribution in [3.8, 4) is 0 Å². The van der Waals surface area contributed by atoms with Crippen LogP contribution in [-0.4, -0.2) is 36.3 Å². The smallest absolute Gasteiger partial charge is 0.429 e. The fourth-order valence-electron chi connectivity index (χ4n) is 6.38. The number of benzene rings is 1. The second kappa shape index (κ2) is 7.79. The van der Waals surface area contributed by atoms with Gasteiger partial charge in [-0.05, 0) is 86.9 Å². The molecule has 3 aliphatic carbocycles. The standard InChI is InChI=1S/C25H33NO3/c1-2-12-26-13-11-20-15-25(20)16-21-19(14-23(25)26)9-6-10-22(21)29-24(27)28-17-18-7-4-3-5-8-18/h3-5,7-8,20,22-23H,2,6,9-17H2,1H3/t20?,22-,23-,25?/m1/s1. The van der Waals surface area contributed by atoms with Crippen molar-refractivity contribution in [2.24, 2.45) is 11.3 Å². The average molecular weight is 396 g/mol. The van der Waals surface area contributed by atoms with E-state index in [-0.39, 0.29) is 12.7 Å². The monoisotopic (exact) mass is 395 g/mol. The Morgan fingerprint density at radius 1 is 1.24 bits per heavy atom. The molecule has 0 N–H and O–H groups in total. The second-order valence-corrected chi connectivity index (χ2v) is 9.51. The van der Waals surface area contributed by atoms with E-state index in [1.165, 1.54) is 50.8 Å². The fraction of sp³-hybridized carbons (Fsp3) is 0.640. The van der Waals surface area contributed by atoms with Crippen LogP contribution in [0.15, 0.2) is 41.5 Å². The summed E-state index contributed by atoms with van der Waals surface area (Å²) in [5.74, 6) is 0.891. The number of ether oxygens (including phenoxy) is 2. The molecule has 1 aromatic rings. The topological polar surface area (TPSA) is 38.8 Å². The lowest BCUT2D eigenvalue weighted by atomic mass is 9.69. The largest absolute Gasteiger partial charge is 0.509 e. The Morgan fingerprint density at radius 3 is 2.93 bits per heavy atom. The molecule has 0 aromatic heterocycles. The van der Waals surface area contributed by atoms with Gasteiger partial charge >= 0.3 is 6.16 Å². The molecule has 1 saturated carbocycles. The van der Waals surface area contributed by atoms with Gasteiger partial charge < -0.3 is 9.47 Å². The van der Waals surface area contributed by atoms with Crippen molar-refractivity contribution < 1.29 is 14.3 Å². The first kappa shape index (κ1) is 19.2. The van der Waals surface area contributed by atoms with Crippen LogP contribution in [0.25, 0.3) is 0 Å². The Kier molecular flexibility index (Phi) is 5.15. The van der Waals surface area contributed by atoms with E-state index < -0.39 is 6.16 Å². The number of rotatable bonds is 5. The molecule has 29 heavy (non-hydrogen) atoms. The first-order valence-corrected chi connectivity index (χ1v) is 11.5. The van der Waals surface area contributed by atoms with E-state index in [9.17, 15) is 4.79 Å². The molecule has 4 atom stereocenters. The molecular formula is C25H33NO3.